The van der Waals surface area contributed by atoms with Crippen LogP contribution < -0.4 is 4.90 Å². The predicted octanol–water partition coefficient (Wildman–Crippen LogP) is 3.63. The van der Waals surface area contributed by atoms with Crippen LogP contribution in [0.15, 0.2) is 18.2 Å². The molecule has 0 radical (unpaired) electrons. The summed E-state index contributed by atoms with van der Waals surface area (Å²) < 4.78 is 0. The van der Waals surface area contributed by atoms with Crippen LogP contribution in [0.2, 0.25) is 0 Å². The fourth-order valence-electron chi connectivity index (χ4n) is 3.54. The van der Waals surface area contributed by atoms with Crippen molar-refractivity contribution in [2.24, 2.45) is 0 Å². The van der Waals surface area contributed by atoms with Gasteiger partial charge in [0.15, 0.2) is 0 Å². The van der Waals surface area contributed by atoms with Crippen LogP contribution in [0.4, 0.5) is 10.5 Å². The standard InChI is InChI=1S/C19H24N2O3/c1-7-14-8-9-16-15(11-14)17(10-12(2)20(16)13(3)22)21(18(23)24)19(4,5)6/h1,8-9,11-12,17H,10H2,2-6H3,(H,23,24)/t12-,17+/m0/s1. The third-order valence-electron chi connectivity index (χ3n) is 4.40. The van der Waals surface area contributed by atoms with Crippen molar-refractivity contribution in [3.63, 3.8) is 0 Å². The second-order valence-corrected chi connectivity index (χ2v) is 7.23. The summed E-state index contributed by atoms with van der Waals surface area (Å²) in [5.41, 5.74) is 1.63. The molecule has 0 aliphatic carbocycles. The maximum Gasteiger partial charge on any atom is 0.408 e. The number of carbonyl (C=O) groups excluding carboxylic acids is 1. The van der Waals surface area contributed by atoms with Gasteiger partial charge in [0.2, 0.25) is 5.91 Å². The van der Waals surface area contributed by atoms with Crippen LogP contribution in [0.3, 0.4) is 0 Å². The molecule has 1 heterocycles. The zero-order valence-electron chi connectivity index (χ0n) is 14.8. The molecule has 0 saturated heterocycles. The Kier molecular flexibility index (Phi) is 4.61. The Morgan fingerprint density at radius 2 is 2.00 bits per heavy atom. The molecule has 128 valence electrons. The highest BCUT2D eigenvalue weighted by atomic mass is 16.4. The Morgan fingerprint density at radius 3 is 2.46 bits per heavy atom. The van der Waals surface area contributed by atoms with Gasteiger partial charge in [-0.15, -0.1) is 6.42 Å². The normalized spacial score (nSPS) is 20.1. The average molecular weight is 328 g/mol. The van der Waals surface area contributed by atoms with Crippen LogP contribution in [0.5, 0.6) is 0 Å². The molecule has 24 heavy (non-hydrogen) atoms. The molecule has 5 nitrogen and oxygen atoms in total. The van der Waals surface area contributed by atoms with Gasteiger partial charge in [-0.1, -0.05) is 5.92 Å². The summed E-state index contributed by atoms with van der Waals surface area (Å²) in [6.07, 6.45) is 5.06. The van der Waals surface area contributed by atoms with Crippen molar-refractivity contribution in [1.29, 1.82) is 0 Å². The molecule has 1 N–H and O–H groups in total. The first-order chi connectivity index (χ1) is 11.1. The average Bonchev–Trinajstić information content (AvgIpc) is 2.44. The summed E-state index contributed by atoms with van der Waals surface area (Å²) in [6.45, 7) is 9.07. The number of terminal acetylenes is 1. The summed E-state index contributed by atoms with van der Waals surface area (Å²) in [4.78, 5) is 27.2. The highest BCUT2D eigenvalue weighted by Crippen LogP contribution is 2.43. The van der Waals surface area contributed by atoms with E-state index in [2.05, 4.69) is 5.92 Å². The molecule has 0 unspecified atom stereocenters. The largest absolute Gasteiger partial charge is 0.465 e. The van der Waals surface area contributed by atoms with E-state index in [0.29, 0.717) is 12.0 Å². The summed E-state index contributed by atoms with van der Waals surface area (Å²) >= 11 is 0. The second-order valence-electron chi connectivity index (χ2n) is 7.23. The van der Waals surface area contributed by atoms with Gasteiger partial charge in [-0.2, -0.15) is 0 Å². The minimum atomic E-state index is -0.979. The number of hydrogen-bond donors (Lipinski definition) is 1. The van der Waals surface area contributed by atoms with Crippen molar-refractivity contribution < 1.29 is 14.7 Å². The predicted molar refractivity (Wildman–Crippen MR) is 94.0 cm³/mol. The molecule has 5 heteroatoms. The van der Waals surface area contributed by atoms with Gasteiger partial charge in [0.05, 0.1) is 6.04 Å². The zero-order chi connectivity index (χ0) is 18.2. The van der Waals surface area contributed by atoms with Gasteiger partial charge in [-0.05, 0) is 57.9 Å². The van der Waals surface area contributed by atoms with E-state index < -0.39 is 11.6 Å². The molecule has 1 aliphatic heterocycles. The van der Waals surface area contributed by atoms with E-state index in [4.69, 9.17) is 6.42 Å². The number of rotatable bonds is 1. The SMILES string of the molecule is C#Cc1ccc2c(c1)[C@H](N(C(=O)O)C(C)(C)C)C[C@H](C)N2C(C)=O. The van der Waals surface area contributed by atoms with Gasteiger partial charge in [0.1, 0.15) is 0 Å². The summed E-state index contributed by atoms with van der Waals surface area (Å²) in [6, 6.07) is 4.98. The highest BCUT2D eigenvalue weighted by molar-refractivity contribution is 5.94. The lowest BCUT2D eigenvalue weighted by molar-refractivity contribution is -0.117. The number of anilines is 1. The minimum Gasteiger partial charge on any atom is -0.465 e. The van der Waals surface area contributed by atoms with Crippen LogP contribution >= 0.6 is 0 Å². The Hall–Kier alpha value is -2.48. The molecule has 2 amide bonds. The van der Waals surface area contributed by atoms with E-state index in [-0.39, 0.29) is 18.0 Å². The maximum atomic E-state index is 12.1. The van der Waals surface area contributed by atoms with Crippen molar-refractivity contribution in [3.05, 3.63) is 29.3 Å². The van der Waals surface area contributed by atoms with Crippen molar-refractivity contribution >= 4 is 17.7 Å². The first kappa shape index (κ1) is 17.9. The van der Waals surface area contributed by atoms with E-state index in [1.807, 2.05) is 39.8 Å². The van der Waals surface area contributed by atoms with Gasteiger partial charge in [-0.25, -0.2) is 4.79 Å². The maximum absolute atomic E-state index is 12.1. The minimum absolute atomic E-state index is 0.0618. The van der Waals surface area contributed by atoms with Gasteiger partial charge < -0.3 is 10.0 Å². The van der Waals surface area contributed by atoms with Crippen LogP contribution in [0.25, 0.3) is 0 Å². The molecule has 0 saturated carbocycles. The number of carboxylic acid groups (broad SMARTS) is 1. The van der Waals surface area contributed by atoms with Crippen molar-refractivity contribution in [3.8, 4) is 12.3 Å². The van der Waals surface area contributed by atoms with Crippen molar-refractivity contribution in [1.82, 2.24) is 4.90 Å². The molecule has 0 fully saturated rings. The lowest BCUT2D eigenvalue weighted by atomic mass is 9.87. The first-order valence-electron chi connectivity index (χ1n) is 8.00. The number of nitrogens with zero attached hydrogens (tertiary/aromatic N) is 2. The number of benzene rings is 1. The van der Waals surface area contributed by atoms with Gasteiger partial charge >= 0.3 is 6.09 Å². The molecule has 2 atom stereocenters. The smallest absolute Gasteiger partial charge is 0.408 e. The van der Waals surface area contributed by atoms with Crippen LogP contribution in [-0.4, -0.2) is 33.6 Å². The summed E-state index contributed by atoms with van der Waals surface area (Å²) in [7, 11) is 0. The molecule has 0 spiro atoms. The molecule has 1 aromatic rings. The van der Waals surface area contributed by atoms with Crippen LogP contribution in [-0.2, 0) is 4.79 Å². The van der Waals surface area contributed by atoms with E-state index in [9.17, 15) is 14.7 Å². The van der Waals surface area contributed by atoms with Crippen LogP contribution in [0.1, 0.15) is 58.2 Å². The molecule has 0 aromatic heterocycles. The van der Waals surface area contributed by atoms with Gasteiger partial charge in [0, 0.05) is 29.8 Å². The monoisotopic (exact) mass is 328 g/mol. The topological polar surface area (TPSA) is 60.9 Å². The third kappa shape index (κ3) is 3.09. The fourth-order valence-corrected chi connectivity index (χ4v) is 3.54. The number of fused-ring (bicyclic) bond motifs is 1. The van der Waals surface area contributed by atoms with E-state index in [1.165, 1.54) is 11.8 Å². The Bertz CT molecular complexity index is 712. The highest BCUT2D eigenvalue weighted by Gasteiger charge is 2.41. The quantitative estimate of drug-likeness (QED) is 0.801. The fraction of sp³-hybridized carbons (Fsp3) is 0.474. The lowest BCUT2D eigenvalue weighted by Gasteiger charge is -2.46. The summed E-state index contributed by atoms with van der Waals surface area (Å²) in [5, 5.41) is 9.78. The Morgan fingerprint density at radius 1 is 1.38 bits per heavy atom. The molecule has 1 aromatic carbocycles. The number of hydrogen-bond acceptors (Lipinski definition) is 2. The molecule has 0 bridgehead atoms. The lowest BCUT2D eigenvalue weighted by Crippen LogP contribution is -2.52. The Balaban J connectivity index is 2.67. The number of carbonyl (C=O) groups is 2. The number of amides is 2. The van der Waals surface area contributed by atoms with Crippen molar-refractivity contribution in [2.45, 2.75) is 58.7 Å². The second kappa shape index (κ2) is 6.20. The Labute approximate surface area is 143 Å². The van der Waals surface area contributed by atoms with E-state index >= 15 is 0 Å². The van der Waals surface area contributed by atoms with E-state index in [1.54, 1.807) is 11.0 Å². The van der Waals surface area contributed by atoms with Crippen molar-refractivity contribution in [2.75, 3.05) is 4.90 Å². The molecular formula is C19H24N2O3. The van der Waals surface area contributed by atoms with Gasteiger partial charge in [0.25, 0.3) is 0 Å². The zero-order valence-corrected chi connectivity index (χ0v) is 14.8. The molecule has 2 rings (SSSR count). The summed E-state index contributed by atoms with van der Waals surface area (Å²) in [5.74, 6) is 2.53. The van der Waals surface area contributed by atoms with E-state index in [0.717, 1.165) is 11.3 Å². The molecular weight excluding hydrogens is 304 g/mol. The first-order valence-corrected chi connectivity index (χ1v) is 8.00. The third-order valence-corrected chi connectivity index (χ3v) is 4.40. The van der Waals surface area contributed by atoms with Crippen LogP contribution in [0, 0.1) is 12.3 Å². The molecule has 1 aliphatic rings. The van der Waals surface area contributed by atoms with Gasteiger partial charge in [-0.3, -0.25) is 9.69 Å².